The molecule has 4 rings (SSSR count). The Morgan fingerprint density at radius 3 is 2.42 bits per heavy atom. The summed E-state index contributed by atoms with van der Waals surface area (Å²) in [7, 11) is 0. The summed E-state index contributed by atoms with van der Waals surface area (Å²) >= 11 is 0. The predicted molar refractivity (Wildman–Crippen MR) is 106 cm³/mol. The van der Waals surface area contributed by atoms with Gasteiger partial charge in [0.25, 0.3) is 0 Å². The van der Waals surface area contributed by atoms with E-state index in [1.807, 2.05) is 6.07 Å². The number of nitriles is 2. The minimum Gasteiger partial charge on any atom is -0.390 e. The summed E-state index contributed by atoms with van der Waals surface area (Å²) in [6.07, 6.45) is -4.35. The molecule has 2 aromatic carbocycles. The van der Waals surface area contributed by atoms with Crippen LogP contribution >= 0.6 is 0 Å². The van der Waals surface area contributed by atoms with E-state index in [1.54, 1.807) is 30.3 Å². The number of fused-ring (bicyclic) bond motifs is 2. The first-order chi connectivity index (χ1) is 14.7. The van der Waals surface area contributed by atoms with Crippen molar-refractivity contribution in [2.75, 3.05) is 5.32 Å². The van der Waals surface area contributed by atoms with Gasteiger partial charge in [-0.05, 0) is 60.6 Å². The Morgan fingerprint density at radius 2 is 1.81 bits per heavy atom. The summed E-state index contributed by atoms with van der Waals surface area (Å²) in [4.78, 5) is 0. The molecule has 1 heterocycles. The molecule has 5 nitrogen and oxygen atoms in total. The number of rotatable bonds is 2. The Morgan fingerprint density at radius 1 is 1.10 bits per heavy atom. The van der Waals surface area contributed by atoms with E-state index in [0.29, 0.717) is 36.1 Å². The second kappa shape index (κ2) is 7.56. The molecule has 4 atom stereocenters. The van der Waals surface area contributed by atoms with Crippen LogP contribution in [-0.4, -0.2) is 28.0 Å². The summed E-state index contributed by atoms with van der Waals surface area (Å²) < 4.78 is 40.0. The lowest BCUT2D eigenvalue weighted by Gasteiger charge is -2.51. The van der Waals surface area contributed by atoms with Crippen LogP contribution in [0.2, 0.25) is 0 Å². The maximum absolute atomic E-state index is 13.3. The lowest BCUT2D eigenvalue weighted by molar-refractivity contribution is -0.138. The van der Waals surface area contributed by atoms with E-state index in [1.165, 1.54) is 6.07 Å². The number of anilines is 1. The summed E-state index contributed by atoms with van der Waals surface area (Å²) in [5.41, 5.74) is -0.958. The van der Waals surface area contributed by atoms with Crippen molar-refractivity contribution in [3.8, 4) is 12.1 Å². The van der Waals surface area contributed by atoms with Gasteiger partial charge in [0.15, 0.2) is 0 Å². The Hall–Kier alpha value is -3.07. The van der Waals surface area contributed by atoms with Gasteiger partial charge in [-0.2, -0.15) is 23.7 Å². The Labute approximate surface area is 177 Å². The molecular formula is C23H20F3N3O2. The van der Waals surface area contributed by atoms with E-state index >= 15 is 0 Å². The third kappa shape index (κ3) is 3.74. The number of hydrogen-bond acceptors (Lipinski definition) is 5. The fourth-order valence-electron chi connectivity index (χ4n) is 4.84. The van der Waals surface area contributed by atoms with Gasteiger partial charge in [-0.15, -0.1) is 0 Å². The first-order valence-corrected chi connectivity index (χ1v) is 9.96. The van der Waals surface area contributed by atoms with Crippen LogP contribution in [0.15, 0.2) is 36.4 Å². The van der Waals surface area contributed by atoms with Gasteiger partial charge < -0.3 is 15.5 Å². The summed E-state index contributed by atoms with van der Waals surface area (Å²) in [6.45, 7) is 0. The van der Waals surface area contributed by atoms with Crippen molar-refractivity contribution in [3.63, 3.8) is 0 Å². The average Bonchev–Trinajstić information content (AvgIpc) is 2.74. The molecular weight excluding hydrogens is 407 g/mol. The van der Waals surface area contributed by atoms with Crippen LogP contribution in [0.3, 0.4) is 0 Å². The molecule has 0 spiro atoms. The van der Waals surface area contributed by atoms with Crippen LogP contribution < -0.4 is 5.32 Å². The summed E-state index contributed by atoms with van der Waals surface area (Å²) in [6, 6.07) is 11.9. The highest BCUT2D eigenvalue weighted by atomic mass is 19.4. The van der Waals surface area contributed by atoms with E-state index in [9.17, 15) is 28.6 Å². The van der Waals surface area contributed by atoms with Crippen LogP contribution in [0.5, 0.6) is 0 Å². The molecule has 3 N–H and O–H groups in total. The van der Waals surface area contributed by atoms with E-state index in [-0.39, 0.29) is 12.3 Å². The number of hydrogen-bond donors (Lipinski definition) is 3. The molecule has 1 saturated carbocycles. The van der Waals surface area contributed by atoms with E-state index in [4.69, 9.17) is 5.26 Å². The fourth-order valence-corrected chi connectivity index (χ4v) is 4.84. The minimum absolute atomic E-state index is 0.120. The molecule has 0 amide bonds. The smallest absolute Gasteiger partial charge is 0.390 e. The lowest BCUT2D eigenvalue weighted by Crippen LogP contribution is -2.63. The van der Waals surface area contributed by atoms with Crippen molar-refractivity contribution in [2.24, 2.45) is 5.92 Å². The summed E-state index contributed by atoms with van der Waals surface area (Å²) in [5, 5.41) is 43.5. The Balaban J connectivity index is 1.69. The van der Waals surface area contributed by atoms with Gasteiger partial charge in [-0.3, -0.25) is 0 Å². The van der Waals surface area contributed by atoms with Crippen LogP contribution in [-0.2, 0) is 19.0 Å². The molecule has 0 saturated heterocycles. The molecule has 0 aromatic heterocycles. The number of aliphatic hydroxyl groups excluding tert-OH is 1. The normalized spacial score (nSPS) is 27.3. The molecule has 0 bridgehead atoms. The zero-order valence-corrected chi connectivity index (χ0v) is 16.4. The van der Waals surface area contributed by atoms with Crippen molar-refractivity contribution in [3.05, 3.63) is 64.2 Å². The molecule has 31 heavy (non-hydrogen) atoms. The van der Waals surface area contributed by atoms with Crippen molar-refractivity contribution < 1.29 is 23.4 Å². The quantitative estimate of drug-likeness (QED) is 0.681. The zero-order valence-electron chi connectivity index (χ0n) is 16.4. The predicted octanol–water partition coefficient (Wildman–Crippen LogP) is 3.53. The first kappa shape index (κ1) is 21.2. The van der Waals surface area contributed by atoms with Crippen LogP contribution in [0.4, 0.5) is 18.9 Å². The molecule has 1 aliphatic carbocycles. The van der Waals surface area contributed by atoms with Crippen molar-refractivity contribution in [1.82, 2.24) is 0 Å². The Bertz CT molecular complexity index is 1090. The van der Waals surface area contributed by atoms with Crippen LogP contribution in [0.25, 0.3) is 0 Å². The number of alkyl halides is 3. The number of nitrogens with one attached hydrogen (secondary N) is 1. The number of benzene rings is 2. The second-order valence-electron chi connectivity index (χ2n) is 8.32. The minimum atomic E-state index is -4.63. The van der Waals surface area contributed by atoms with Crippen molar-refractivity contribution in [2.45, 2.75) is 49.6 Å². The number of halogens is 3. The SMILES string of the molecule is N#Cc1ccc(C[C@]2(O)C(O)CCC3Cc4cc(C(F)(F)F)c(C#N)cc4NC32)cc1. The monoisotopic (exact) mass is 427 g/mol. The van der Waals surface area contributed by atoms with Gasteiger partial charge in [-0.25, -0.2) is 0 Å². The lowest BCUT2D eigenvalue weighted by atomic mass is 9.66. The zero-order chi connectivity index (χ0) is 22.4. The van der Waals surface area contributed by atoms with Gasteiger partial charge in [0.2, 0.25) is 0 Å². The van der Waals surface area contributed by atoms with E-state index in [0.717, 1.165) is 11.6 Å². The molecule has 1 aliphatic heterocycles. The highest BCUT2D eigenvalue weighted by Gasteiger charge is 2.52. The third-order valence-corrected chi connectivity index (χ3v) is 6.43. The van der Waals surface area contributed by atoms with Gasteiger partial charge in [-0.1, -0.05) is 12.1 Å². The maximum Gasteiger partial charge on any atom is 0.417 e. The van der Waals surface area contributed by atoms with Crippen molar-refractivity contribution >= 4 is 5.69 Å². The van der Waals surface area contributed by atoms with Gasteiger partial charge in [0.1, 0.15) is 5.60 Å². The van der Waals surface area contributed by atoms with E-state index in [2.05, 4.69) is 5.32 Å². The number of aliphatic hydroxyl groups is 2. The molecule has 3 unspecified atom stereocenters. The largest absolute Gasteiger partial charge is 0.417 e. The van der Waals surface area contributed by atoms with Gasteiger partial charge >= 0.3 is 6.18 Å². The van der Waals surface area contributed by atoms with E-state index < -0.39 is 35.1 Å². The molecule has 160 valence electrons. The summed E-state index contributed by atoms with van der Waals surface area (Å²) in [5.74, 6) is -0.173. The standard InChI is InChI=1S/C23H20F3N3O2/c24-23(25,26)18-8-16-7-15-5-6-20(30)22(31,10-13-1-3-14(11-27)4-2-13)21(15)29-19(16)9-17(18)12-28/h1-4,8-9,15,20-21,29-31H,5-7,10H2/t15?,20?,21?,22-/m0/s1. The molecule has 2 aromatic rings. The van der Waals surface area contributed by atoms with Crippen LogP contribution in [0, 0.1) is 28.6 Å². The molecule has 0 radical (unpaired) electrons. The number of nitrogens with zero attached hydrogens (tertiary/aromatic N) is 2. The second-order valence-corrected chi connectivity index (χ2v) is 8.32. The van der Waals surface area contributed by atoms with Gasteiger partial charge in [0.05, 0.1) is 41.0 Å². The van der Waals surface area contributed by atoms with Crippen LogP contribution in [0.1, 0.15) is 40.7 Å². The first-order valence-electron chi connectivity index (χ1n) is 9.96. The molecule has 8 heteroatoms. The molecule has 2 aliphatic rings. The highest BCUT2D eigenvalue weighted by molar-refractivity contribution is 5.62. The Kier molecular flexibility index (Phi) is 5.17. The highest BCUT2D eigenvalue weighted by Crippen LogP contribution is 2.45. The maximum atomic E-state index is 13.3. The fraction of sp³-hybridized carbons (Fsp3) is 0.391. The molecule has 1 fully saturated rings. The third-order valence-electron chi connectivity index (χ3n) is 6.43. The van der Waals surface area contributed by atoms with Crippen molar-refractivity contribution in [1.29, 1.82) is 10.5 Å². The average molecular weight is 427 g/mol. The topological polar surface area (TPSA) is 100 Å². The van der Waals surface area contributed by atoms with Gasteiger partial charge in [0, 0.05) is 12.1 Å².